The van der Waals surface area contributed by atoms with Gasteiger partial charge in [-0.05, 0) is 127 Å². The van der Waals surface area contributed by atoms with Gasteiger partial charge in [0.05, 0.1) is 10.5 Å². The fraction of sp³-hybridized carbons (Fsp3) is 0.304. The first kappa shape index (κ1) is 30.5. The van der Waals surface area contributed by atoms with Gasteiger partial charge in [-0.15, -0.1) is 11.8 Å². The van der Waals surface area contributed by atoms with Crippen molar-refractivity contribution in [3.05, 3.63) is 165 Å². The van der Waals surface area contributed by atoms with Crippen LogP contribution >= 0.6 is 11.8 Å². The Morgan fingerprint density at radius 1 is 0.489 bits per heavy atom. The van der Waals surface area contributed by atoms with Crippen molar-refractivity contribution in [3.8, 4) is 0 Å². The Morgan fingerprint density at radius 3 is 1.28 bits per heavy atom. The van der Waals surface area contributed by atoms with Crippen LogP contribution < -0.4 is 0 Å². The van der Waals surface area contributed by atoms with Gasteiger partial charge in [0, 0.05) is 0 Å². The largest absolute Gasteiger partial charge is 0.136 e. The lowest BCUT2D eigenvalue weighted by atomic mass is 9.80. The molecule has 4 aromatic carbocycles. The second-order valence-corrected chi connectivity index (χ2v) is 17.2. The number of allylic oxidation sites excluding steroid dienone is 4. The Hall–Kier alpha value is -3.81. The molecule has 0 radical (unpaired) electrons. The van der Waals surface area contributed by atoms with E-state index in [0.717, 1.165) is 25.7 Å². The van der Waals surface area contributed by atoms with Gasteiger partial charge in [0.15, 0.2) is 0 Å². The molecule has 0 bridgehead atoms. The van der Waals surface area contributed by atoms with E-state index in [2.05, 4.69) is 163 Å². The molecule has 8 rings (SSSR count). The number of aryl methyl sites for hydroxylation is 2. The molecule has 236 valence electrons. The van der Waals surface area contributed by atoms with Crippen molar-refractivity contribution in [1.82, 2.24) is 0 Å². The van der Waals surface area contributed by atoms with Crippen LogP contribution in [-0.4, -0.2) is 10.5 Å². The minimum Gasteiger partial charge on any atom is -0.136 e. The second-order valence-electron chi connectivity index (χ2n) is 15.9. The van der Waals surface area contributed by atoms with E-state index in [4.69, 9.17) is 0 Å². The van der Waals surface area contributed by atoms with Crippen molar-refractivity contribution in [2.75, 3.05) is 0 Å². The molecule has 0 saturated heterocycles. The molecule has 4 aliphatic carbocycles. The fourth-order valence-corrected chi connectivity index (χ4v) is 9.87. The van der Waals surface area contributed by atoms with Crippen molar-refractivity contribution in [2.24, 2.45) is 0 Å². The highest BCUT2D eigenvalue weighted by Crippen LogP contribution is 2.56. The summed E-state index contributed by atoms with van der Waals surface area (Å²) < 4.78 is 0. The van der Waals surface area contributed by atoms with Gasteiger partial charge in [0.2, 0.25) is 0 Å². The molecule has 0 N–H and O–H groups in total. The third kappa shape index (κ3) is 5.41. The van der Waals surface area contributed by atoms with Gasteiger partial charge in [0.1, 0.15) is 0 Å². The minimum absolute atomic E-state index is 0.123. The highest BCUT2D eigenvalue weighted by atomic mass is 32.2. The number of hydrogen-bond donors (Lipinski definition) is 0. The summed E-state index contributed by atoms with van der Waals surface area (Å²) in [6, 6.07) is 37.0. The van der Waals surface area contributed by atoms with Crippen LogP contribution in [0.25, 0.3) is 22.3 Å². The molecule has 2 atom stereocenters. The van der Waals surface area contributed by atoms with Crippen LogP contribution in [0, 0.1) is 0 Å². The summed E-state index contributed by atoms with van der Waals surface area (Å²) in [7, 11) is 0. The topological polar surface area (TPSA) is 0 Å². The smallest absolute Gasteiger partial charge is 0.0531 e. The summed E-state index contributed by atoms with van der Waals surface area (Å²) in [6.45, 7) is 14.0. The van der Waals surface area contributed by atoms with Crippen molar-refractivity contribution < 1.29 is 0 Å². The van der Waals surface area contributed by atoms with Crippen LogP contribution in [-0.2, 0) is 23.7 Å². The third-order valence-corrected chi connectivity index (χ3v) is 12.5. The minimum atomic E-state index is 0.123. The molecule has 0 aliphatic heterocycles. The van der Waals surface area contributed by atoms with Crippen molar-refractivity contribution in [3.63, 3.8) is 0 Å². The highest BCUT2D eigenvalue weighted by molar-refractivity contribution is 8.01. The number of fused-ring (bicyclic) bond motifs is 4. The lowest BCUT2D eigenvalue weighted by molar-refractivity contribution is 0.589. The van der Waals surface area contributed by atoms with Crippen LogP contribution in [0.2, 0.25) is 0 Å². The van der Waals surface area contributed by atoms with Crippen LogP contribution in [0.5, 0.6) is 0 Å². The number of rotatable bonds is 4. The summed E-state index contributed by atoms with van der Waals surface area (Å²) in [4.78, 5) is 0. The van der Waals surface area contributed by atoms with Crippen LogP contribution in [0.3, 0.4) is 0 Å². The highest BCUT2D eigenvalue weighted by Gasteiger charge is 2.40. The molecule has 4 aromatic rings. The summed E-state index contributed by atoms with van der Waals surface area (Å²) in [5, 5.41) is 0.648. The summed E-state index contributed by atoms with van der Waals surface area (Å²) in [5.74, 6) is 0. The lowest BCUT2D eigenvalue weighted by Crippen LogP contribution is -2.19. The van der Waals surface area contributed by atoms with Gasteiger partial charge < -0.3 is 0 Å². The molecular formula is C46H46S. The molecular weight excluding hydrogens is 585 g/mol. The zero-order valence-corrected chi connectivity index (χ0v) is 29.6. The van der Waals surface area contributed by atoms with Gasteiger partial charge in [-0.3, -0.25) is 0 Å². The van der Waals surface area contributed by atoms with Crippen LogP contribution in [0.4, 0.5) is 0 Å². The van der Waals surface area contributed by atoms with Gasteiger partial charge >= 0.3 is 0 Å². The predicted molar refractivity (Wildman–Crippen MR) is 205 cm³/mol. The van der Waals surface area contributed by atoms with E-state index < -0.39 is 0 Å². The van der Waals surface area contributed by atoms with E-state index in [9.17, 15) is 0 Å². The quantitative estimate of drug-likeness (QED) is 0.216. The molecule has 0 spiro atoms. The molecule has 0 amide bonds. The first-order chi connectivity index (χ1) is 22.6. The van der Waals surface area contributed by atoms with Gasteiger partial charge in [-0.1, -0.05) is 139 Å². The molecule has 47 heavy (non-hydrogen) atoms. The predicted octanol–water partition coefficient (Wildman–Crippen LogP) is 12.0. The van der Waals surface area contributed by atoms with E-state index in [0.29, 0.717) is 10.5 Å². The Morgan fingerprint density at radius 2 is 0.894 bits per heavy atom. The Labute approximate surface area is 286 Å². The lowest BCUT2D eigenvalue weighted by Gasteiger charge is -2.31. The first-order valence-corrected chi connectivity index (χ1v) is 18.4. The molecule has 0 saturated carbocycles. The van der Waals surface area contributed by atoms with E-state index in [-0.39, 0.29) is 10.8 Å². The standard InChI is InChI=1S/C46H46S/c1-45(2,3)33-21-17-31-19-23-35-41(37(31)25-33)27-39(29-13-9-7-10-14-29)43(35)47-44-36-24-20-32-18-22-34(46(4,5)6)26-38(32)42(36)28-40(44)30-15-11-8-12-16-30/h7-18,21-22,25-28,43-44H,19-20,23-24H2,1-6H3. The zero-order chi connectivity index (χ0) is 32.5. The van der Waals surface area contributed by atoms with Gasteiger partial charge in [-0.2, -0.15) is 0 Å². The average molecular weight is 631 g/mol. The Balaban J connectivity index is 1.27. The monoisotopic (exact) mass is 630 g/mol. The molecule has 0 aromatic heterocycles. The van der Waals surface area contributed by atoms with Crippen molar-refractivity contribution in [2.45, 2.75) is 88.6 Å². The van der Waals surface area contributed by atoms with Crippen molar-refractivity contribution in [1.29, 1.82) is 0 Å². The fourth-order valence-electron chi connectivity index (χ4n) is 8.08. The molecule has 0 nitrogen and oxygen atoms in total. The molecule has 4 aliphatic rings. The van der Waals surface area contributed by atoms with Crippen LogP contribution in [0.1, 0.15) is 98.9 Å². The van der Waals surface area contributed by atoms with E-state index >= 15 is 0 Å². The maximum Gasteiger partial charge on any atom is 0.0531 e. The average Bonchev–Trinajstić information content (AvgIpc) is 3.63. The summed E-state index contributed by atoms with van der Waals surface area (Å²) >= 11 is 2.21. The Bertz CT molecular complexity index is 1850. The SMILES string of the molecule is CC(C)(C)c1ccc2c(c1)C1=C(CC2)C(SC2C(c3ccccc3)=CC3=C2CCc2ccc(C(C)(C)C)cc23)C(c2ccccc2)=C1. The number of thioether (sulfide) groups is 1. The van der Waals surface area contributed by atoms with Crippen LogP contribution in [0.15, 0.2) is 120 Å². The first-order valence-electron chi connectivity index (χ1n) is 17.5. The normalized spacial score (nSPS) is 20.4. The van der Waals surface area contributed by atoms with Gasteiger partial charge in [-0.25, -0.2) is 0 Å². The summed E-state index contributed by atoms with van der Waals surface area (Å²) in [5.41, 5.74) is 20.9. The molecule has 2 unspecified atom stereocenters. The zero-order valence-electron chi connectivity index (χ0n) is 28.8. The number of hydrogen-bond acceptors (Lipinski definition) is 1. The summed E-state index contributed by atoms with van der Waals surface area (Å²) in [6.07, 6.45) is 9.62. The molecule has 0 fully saturated rings. The van der Waals surface area contributed by atoms with E-state index in [1.807, 2.05) is 0 Å². The maximum atomic E-state index is 2.56. The van der Waals surface area contributed by atoms with Crippen molar-refractivity contribution >= 4 is 34.1 Å². The van der Waals surface area contributed by atoms with E-state index in [1.54, 1.807) is 11.1 Å². The Kier molecular flexibility index (Phi) is 7.41. The second kappa shape index (κ2) is 11.4. The maximum absolute atomic E-state index is 2.56. The number of benzene rings is 4. The van der Waals surface area contributed by atoms with E-state index in [1.165, 1.54) is 66.8 Å². The molecule has 0 heterocycles. The van der Waals surface area contributed by atoms with Gasteiger partial charge in [0.25, 0.3) is 0 Å². The molecule has 1 heteroatoms. The third-order valence-electron chi connectivity index (χ3n) is 10.8.